The van der Waals surface area contributed by atoms with Gasteiger partial charge in [0.1, 0.15) is 12.6 Å². The molecule has 1 aliphatic rings. The highest BCUT2D eigenvalue weighted by atomic mass is 35.5. The number of amides is 3. The lowest BCUT2D eigenvalue weighted by molar-refractivity contribution is -0.143. The molecule has 15 heteroatoms. The van der Waals surface area contributed by atoms with Gasteiger partial charge in [-0.25, -0.2) is 4.79 Å². The SMILES string of the molecule is CCOP(=O)(OCC)C(O)C(O)(CCC(=O)N(C)CCc1ccc(Cl)cc1)NC(=O)[C@H](CC1CCCCC1)NC(=O)OCc1cccc(Cl)c1. The van der Waals surface area contributed by atoms with Gasteiger partial charge in [-0.2, -0.15) is 0 Å². The van der Waals surface area contributed by atoms with E-state index in [0.717, 1.165) is 37.7 Å². The second-order valence-corrected chi connectivity index (χ2v) is 15.5. The van der Waals surface area contributed by atoms with E-state index in [0.29, 0.717) is 28.6 Å². The zero-order valence-electron chi connectivity index (χ0n) is 28.9. The van der Waals surface area contributed by atoms with Crippen molar-refractivity contribution in [3.63, 3.8) is 0 Å². The lowest BCUT2D eigenvalue weighted by Crippen LogP contribution is -2.61. The van der Waals surface area contributed by atoms with Crippen LogP contribution < -0.4 is 10.6 Å². The summed E-state index contributed by atoms with van der Waals surface area (Å²) >= 11 is 12.0. The van der Waals surface area contributed by atoms with Crippen molar-refractivity contribution in [3.05, 3.63) is 69.7 Å². The van der Waals surface area contributed by atoms with Crippen molar-refractivity contribution in [1.29, 1.82) is 0 Å². The van der Waals surface area contributed by atoms with Gasteiger partial charge < -0.3 is 39.5 Å². The van der Waals surface area contributed by atoms with E-state index < -0.39 is 49.5 Å². The number of aliphatic hydroxyl groups excluding tert-OH is 1. The van der Waals surface area contributed by atoms with Crippen molar-refractivity contribution in [2.24, 2.45) is 5.92 Å². The third-order valence-electron chi connectivity index (χ3n) is 8.64. The molecule has 0 saturated heterocycles. The van der Waals surface area contributed by atoms with Crippen LogP contribution in [0.3, 0.4) is 0 Å². The number of hydrogen-bond donors (Lipinski definition) is 4. The fraction of sp³-hybridized carbons (Fsp3) is 0.571. The van der Waals surface area contributed by atoms with Gasteiger partial charge in [0, 0.05) is 36.5 Å². The molecular formula is C35H50Cl2N3O9P. The van der Waals surface area contributed by atoms with Gasteiger partial charge in [0.2, 0.25) is 17.7 Å². The fourth-order valence-corrected chi connectivity index (χ4v) is 8.00. The summed E-state index contributed by atoms with van der Waals surface area (Å²) in [4.78, 5) is 41.6. The number of alkyl carbamates (subject to hydrolysis) is 1. The van der Waals surface area contributed by atoms with E-state index in [1.807, 2.05) is 12.1 Å². The smallest absolute Gasteiger partial charge is 0.408 e. The number of ether oxygens (including phenoxy) is 1. The Morgan fingerprint density at radius 2 is 1.66 bits per heavy atom. The third kappa shape index (κ3) is 13.1. The first-order chi connectivity index (χ1) is 23.8. The molecule has 3 atom stereocenters. The van der Waals surface area contributed by atoms with Crippen LogP contribution in [0.2, 0.25) is 10.0 Å². The number of rotatable bonds is 19. The van der Waals surface area contributed by atoms with Crippen LogP contribution in [0.25, 0.3) is 0 Å². The first-order valence-corrected chi connectivity index (χ1v) is 19.4. The largest absolute Gasteiger partial charge is 0.445 e. The van der Waals surface area contributed by atoms with Crippen molar-refractivity contribution in [3.8, 4) is 0 Å². The Morgan fingerprint density at radius 3 is 2.28 bits per heavy atom. The van der Waals surface area contributed by atoms with Crippen molar-refractivity contribution in [1.82, 2.24) is 15.5 Å². The van der Waals surface area contributed by atoms with Gasteiger partial charge >= 0.3 is 13.7 Å². The highest BCUT2D eigenvalue weighted by Crippen LogP contribution is 2.55. The van der Waals surface area contributed by atoms with E-state index in [-0.39, 0.29) is 38.6 Å². The first-order valence-electron chi connectivity index (χ1n) is 17.1. The number of aliphatic hydroxyl groups is 2. The summed E-state index contributed by atoms with van der Waals surface area (Å²) < 4.78 is 29.7. The van der Waals surface area contributed by atoms with Gasteiger partial charge in [0.05, 0.1) is 13.2 Å². The molecule has 3 amide bonds. The summed E-state index contributed by atoms with van der Waals surface area (Å²) in [6.45, 7) is 3.05. The molecule has 2 aromatic carbocycles. The molecule has 2 aromatic rings. The van der Waals surface area contributed by atoms with E-state index in [2.05, 4.69) is 10.6 Å². The monoisotopic (exact) mass is 757 g/mol. The molecule has 0 heterocycles. The molecule has 12 nitrogen and oxygen atoms in total. The van der Waals surface area contributed by atoms with Crippen molar-refractivity contribution in [2.45, 2.75) is 95.9 Å². The van der Waals surface area contributed by atoms with E-state index in [4.69, 9.17) is 37.0 Å². The predicted molar refractivity (Wildman–Crippen MR) is 192 cm³/mol. The molecule has 4 N–H and O–H groups in total. The second-order valence-electron chi connectivity index (χ2n) is 12.5. The third-order valence-corrected chi connectivity index (χ3v) is 11.4. The molecule has 2 unspecified atom stereocenters. The molecule has 1 fully saturated rings. The van der Waals surface area contributed by atoms with Crippen LogP contribution in [0.4, 0.5) is 4.79 Å². The molecular weight excluding hydrogens is 708 g/mol. The molecule has 0 bridgehead atoms. The van der Waals surface area contributed by atoms with Gasteiger partial charge in [-0.3, -0.25) is 14.2 Å². The zero-order chi connectivity index (χ0) is 36.7. The van der Waals surface area contributed by atoms with E-state index in [9.17, 15) is 29.2 Å². The Bertz CT molecular complexity index is 1430. The molecule has 50 heavy (non-hydrogen) atoms. The fourth-order valence-electron chi connectivity index (χ4n) is 5.86. The number of carbonyl (C=O) groups is 3. The van der Waals surface area contributed by atoms with Gasteiger partial charge in [0.25, 0.3) is 0 Å². The summed E-state index contributed by atoms with van der Waals surface area (Å²) in [5.74, 6) is -3.43. The van der Waals surface area contributed by atoms with E-state index in [1.165, 1.54) is 18.7 Å². The average Bonchev–Trinajstić information content (AvgIpc) is 3.09. The van der Waals surface area contributed by atoms with Gasteiger partial charge in [-0.1, -0.05) is 79.6 Å². The summed E-state index contributed by atoms with van der Waals surface area (Å²) in [6, 6.07) is 12.8. The summed E-state index contributed by atoms with van der Waals surface area (Å²) in [6.07, 6.45) is 3.71. The molecule has 0 aliphatic heterocycles. The minimum absolute atomic E-state index is 0.0968. The normalized spacial score (nSPS) is 16.1. The van der Waals surface area contributed by atoms with Crippen LogP contribution in [0.15, 0.2) is 48.5 Å². The minimum atomic E-state index is -4.44. The minimum Gasteiger partial charge on any atom is -0.445 e. The highest BCUT2D eigenvalue weighted by Gasteiger charge is 2.51. The van der Waals surface area contributed by atoms with Crippen LogP contribution >= 0.6 is 30.8 Å². The van der Waals surface area contributed by atoms with Crippen molar-refractivity contribution < 1.29 is 42.9 Å². The Kier molecular flexibility index (Phi) is 17.0. The van der Waals surface area contributed by atoms with Crippen LogP contribution in [-0.4, -0.2) is 77.4 Å². The maximum absolute atomic E-state index is 13.9. The van der Waals surface area contributed by atoms with E-state index in [1.54, 1.807) is 43.4 Å². The molecule has 1 aliphatic carbocycles. The molecule has 0 spiro atoms. The molecule has 278 valence electrons. The van der Waals surface area contributed by atoms with Crippen LogP contribution in [0, 0.1) is 5.92 Å². The number of hydrogen-bond acceptors (Lipinski definition) is 9. The highest BCUT2D eigenvalue weighted by molar-refractivity contribution is 7.54. The average molecular weight is 759 g/mol. The quantitative estimate of drug-likeness (QED) is 0.0934. The number of benzene rings is 2. The Morgan fingerprint density at radius 1 is 1.00 bits per heavy atom. The predicted octanol–water partition coefficient (Wildman–Crippen LogP) is 6.43. The van der Waals surface area contributed by atoms with Gasteiger partial charge in [0.15, 0.2) is 5.72 Å². The van der Waals surface area contributed by atoms with Crippen LogP contribution in [0.1, 0.15) is 76.3 Å². The summed E-state index contributed by atoms with van der Waals surface area (Å²) in [7, 11) is -2.84. The molecule has 1 saturated carbocycles. The Balaban J connectivity index is 1.80. The summed E-state index contributed by atoms with van der Waals surface area (Å²) in [5.41, 5.74) is -1.05. The van der Waals surface area contributed by atoms with Gasteiger partial charge in [-0.05, 0) is 68.0 Å². The standard InChI is InChI=1S/C35H50Cl2N3O9P/c1-4-48-50(46,49-5-2)33(43)35(45,20-18-31(41)40(3)21-19-25-14-16-28(36)17-15-25)39-32(42)30(23-26-10-7-6-8-11-26)38-34(44)47-24-27-12-9-13-29(37)22-27/h9,12-17,22,26,30,33,43,45H,4-8,10-11,18-21,23-24H2,1-3H3,(H,38,44)(H,39,42)/t30-,33?,35?/m0/s1. The number of likely N-dealkylation sites (N-methyl/N-ethyl adjacent to an activating group) is 1. The van der Waals surface area contributed by atoms with Crippen molar-refractivity contribution in [2.75, 3.05) is 26.8 Å². The maximum Gasteiger partial charge on any atom is 0.408 e. The number of carbonyl (C=O) groups excluding carboxylic acids is 3. The van der Waals surface area contributed by atoms with Crippen molar-refractivity contribution >= 4 is 48.7 Å². The lowest BCUT2D eigenvalue weighted by atomic mass is 9.84. The number of nitrogens with zero attached hydrogens (tertiary/aromatic N) is 1. The van der Waals surface area contributed by atoms with E-state index >= 15 is 0 Å². The molecule has 0 aromatic heterocycles. The number of halogens is 2. The number of nitrogens with one attached hydrogen (secondary N) is 2. The first kappa shape index (κ1) is 41.7. The zero-order valence-corrected chi connectivity index (χ0v) is 31.4. The summed E-state index contributed by atoms with van der Waals surface area (Å²) in [5, 5.41) is 29.4. The Hall–Kier alpha value is -2.70. The maximum atomic E-state index is 13.9. The second kappa shape index (κ2) is 20.4. The topological polar surface area (TPSA) is 164 Å². The Labute approximate surface area is 304 Å². The molecule has 0 radical (unpaired) electrons. The lowest BCUT2D eigenvalue weighted by Gasteiger charge is -2.38. The van der Waals surface area contributed by atoms with Crippen LogP contribution in [0.5, 0.6) is 0 Å². The van der Waals surface area contributed by atoms with Crippen LogP contribution in [-0.2, 0) is 41.0 Å². The van der Waals surface area contributed by atoms with Gasteiger partial charge in [-0.15, -0.1) is 0 Å². The molecule has 3 rings (SSSR count).